The molecule has 1 aromatic heterocycles. The van der Waals surface area contributed by atoms with Crippen molar-refractivity contribution in [2.75, 3.05) is 7.11 Å². The molecule has 1 heterocycles. The van der Waals surface area contributed by atoms with Gasteiger partial charge in [-0.25, -0.2) is 18.6 Å². The normalized spacial score (nSPS) is 12.0. The highest BCUT2D eigenvalue weighted by atomic mass is 19.2. The van der Waals surface area contributed by atoms with Crippen LogP contribution in [0.5, 0.6) is 0 Å². The Kier molecular flexibility index (Phi) is 4.59. The number of aromatic nitrogens is 3. The Hall–Kier alpha value is -2.64. The van der Waals surface area contributed by atoms with E-state index in [2.05, 4.69) is 14.8 Å². The van der Waals surface area contributed by atoms with E-state index in [4.69, 9.17) is 0 Å². The van der Waals surface area contributed by atoms with Crippen LogP contribution in [0.3, 0.4) is 0 Å². The van der Waals surface area contributed by atoms with Crippen LogP contribution in [-0.2, 0) is 11.3 Å². The molecule has 1 atom stereocenters. The first-order chi connectivity index (χ1) is 10.4. The van der Waals surface area contributed by atoms with Crippen LogP contribution >= 0.6 is 0 Å². The maximum absolute atomic E-state index is 13.2. The molecule has 0 aliphatic carbocycles. The van der Waals surface area contributed by atoms with Gasteiger partial charge in [-0.2, -0.15) is 0 Å². The molecule has 0 spiro atoms. The standard InChI is InChI=1S/C14H13F2N3O3/c1-8(6-19-7-17-13(18-19)14(21)22-2)12(20)9-3-4-10(15)11(16)5-9/h3-5,7-8H,6H2,1-2H3/t8-/m0/s1. The van der Waals surface area contributed by atoms with Crippen LogP contribution in [-0.4, -0.2) is 33.6 Å². The van der Waals surface area contributed by atoms with Crippen LogP contribution < -0.4 is 0 Å². The van der Waals surface area contributed by atoms with Crippen LogP contribution in [0.25, 0.3) is 0 Å². The molecule has 1 aromatic carbocycles. The summed E-state index contributed by atoms with van der Waals surface area (Å²) in [5, 5.41) is 3.87. The number of halogens is 2. The lowest BCUT2D eigenvalue weighted by molar-refractivity contribution is 0.0586. The SMILES string of the molecule is COC(=O)c1ncn(C[C@H](C)C(=O)c2ccc(F)c(F)c2)n1. The molecule has 0 saturated heterocycles. The zero-order valence-corrected chi connectivity index (χ0v) is 11.9. The minimum Gasteiger partial charge on any atom is -0.463 e. The second kappa shape index (κ2) is 6.42. The van der Waals surface area contributed by atoms with E-state index >= 15 is 0 Å². The summed E-state index contributed by atoms with van der Waals surface area (Å²) in [5.41, 5.74) is 0.0692. The van der Waals surface area contributed by atoms with Gasteiger partial charge in [0.15, 0.2) is 17.4 Å². The van der Waals surface area contributed by atoms with Crippen molar-refractivity contribution in [3.05, 3.63) is 47.5 Å². The Morgan fingerprint density at radius 2 is 2.05 bits per heavy atom. The Morgan fingerprint density at radius 1 is 1.32 bits per heavy atom. The van der Waals surface area contributed by atoms with Crippen molar-refractivity contribution in [3.8, 4) is 0 Å². The van der Waals surface area contributed by atoms with E-state index in [1.165, 1.54) is 24.2 Å². The quantitative estimate of drug-likeness (QED) is 0.622. The number of hydrogen-bond acceptors (Lipinski definition) is 5. The first kappa shape index (κ1) is 15.7. The van der Waals surface area contributed by atoms with Crippen LogP contribution in [0.15, 0.2) is 24.5 Å². The van der Waals surface area contributed by atoms with Crippen LogP contribution in [0.4, 0.5) is 8.78 Å². The monoisotopic (exact) mass is 309 g/mol. The first-order valence-corrected chi connectivity index (χ1v) is 6.39. The topological polar surface area (TPSA) is 74.1 Å². The molecular weight excluding hydrogens is 296 g/mol. The lowest BCUT2D eigenvalue weighted by Gasteiger charge is -2.10. The molecule has 8 heteroatoms. The lowest BCUT2D eigenvalue weighted by Crippen LogP contribution is -2.19. The lowest BCUT2D eigenvalue weighted by atomic mass is 9.99. The second-order valence-corrected chi connectivity index (χ2v) is 4.68. The van der Waals surface area contributed by atoms with Crippen molar-refractivity contribution in [1.29, 1.82) is 0 Å². The predicted molar refractivity (Wildman–Crippen MR) is 71.2 cm³/mol. The van der Waals surface area contributed by atoms with E-state index < -0.39 is 23.5 Å². The zero-order valence-electron chi connectivity index (χ0n) is 11.9. The number of methoxy groups -OCH3 is 1. The number of nitrogens with zero attached hydrogens (tertiary/aromatic N) is 3. The third kappa shape index (κ3) is 3.33. The molecule has 116 valence electrons. The third-order valence-electron chi connectivity index (χ3n) is 3.02. The Labute approximate surface area is 124 Å². The number of rotatable bonds is 5. The number of benzene rings is 1. The summed E-state index contributed by atoms with van der Waals surface area (Å²) in [4.78, 5) is 27.2. The molecular formula is C14H13F2N3O3. The number of ketones is 1. The molecule has 0 radical (unpaired) electrons. The molecule has 2 rings (SSSR count). The third-order valence-corrected chi connectivity index (χ3v) is 3.02. The van der Waals surface area contributed by atoms with Gasteiger partial charge >= 0.3 is 5.97 Å². The van der Waals surface area contributed by atoms with Crippen molar-refractivity contribution >= 4 is 11.8 Å². The molecule has 0 N–H and O–H groups in total. The van der Waals surface area contributed by atoms with Crippen molar-refractivity contribution in [2.45, 2.75) is 13.5 Å². The van der Waals surface area contributed by atoms with Crippen molar-refractivity contribution in [1.82, 2.24) is 14.8 Å². The van der Waals surface area contributed by atoms with Crippen molar-refractivity contribution in [2.24, 2.45) is 5.92 Å². The zero-order chi connectivity index (χ0) is 16.3. The fraction of sp³-hybridized carbons (Fsp3) is 0.286. The number of hydrogen-bond donors (Lipinski definition) is 0. The van der Waals surface area contributed by atoms with Crippen LogP contribution in [0.1, 0.15) is 27.9 Å². The molecule has 2 aromatic rings. The minimum absolute atomic E-state index is 0.0692. The van der Waals surface area contributed by atoms with Gasteiger partial charge < -0.3 is 4.74 Å². The Morgan fingerprint density at radius 3 is 2.68 bits per heavy atom. The molecule has 6 nitrogen and oxygen atoms in total. The van der Waals surface area contributed by atoms with E-state index in [-0.39, 0.29) is 23.7 Å². The first-order valence-electron chi connectivity index (χ1n) is 6.39. The summed E-state index contributed by atoms with van der Waals surface area (Å²) < 4.78 is 31.8. The number of esters is 1. The maximum Gasteiger partial charge on any atom is 0.377 e. The van der Waals surface area contributed by atoms with Gasteiger partial charge in [0.2, 0.25) is 0 Å². The number of ether oxygens (including phenoxy) is 1. The van der Waals surface area contributed by atoms with E-state index in [1.807, 2.05) is 0 Å². The maximum atomic E-state index is 13.2. The van der Waals surface area contributed by atoms with Gasteiger partial charge in [0.25, 0.3) is 5.82 Å². The smallest absolute Gasteiger partial charge is 0.377 e. The molecule has 0 unspecified atom stereocenters. The van der Waals surface area contributed by atoms with Crippen molar-refractivity contribution < 1.29 is 23.1 Å². The van der Waals surface area contributed by atoms with Gasteiger partial charge in [0.1, 0.15) is 6.33 Å². The second-order valence-electron chi connectivity index (χ2n) is 4.68. The van der Waals surface area contributed by atoms with Gasteiger partial charge in [0.05, 0.1) is 13.7 Å². The van der Waals surface area contributed by atoms with Crippen LogP contribution in [0.2, 0.25) is 0 Å². The minimum atomic E-state index is -1.08. The summed E-state index contributed by atoms with van der Waals surface area (Å²) in [6.45, 7) is 1.75. The highest BCUT2D eigenvalue weighted by molar-refractivity contribution is 5.97. The van der Waals surface area contributed by atoms with E-state index in [0.717, 1.165) is 12.1 Å². The average molecular weight is 309 g/mol. The summed E-state index contributed by atoms with van der Waals surface area (Å²) in [7, 11) is 1.21. The van der Waals surface area contributed by atoms with Gasteiger partial charge in [0, 0.05) is 11.5 Å². The summed E-state index contributed by atoms with van der Waals surface area (Å²) in [6, 6.07) is 2.98. The van der Waals surface area contributed by atoms with E-state index in [0.29, 0.717) is 0 Å². The molecule has 0 fully saturated rings. The predicted octanol–water partition coefficient (Wildman–Crippen LogP) is 1.86. The average Bonchev–Trinajstić information content (AvgIpc) is 2.96. The van der Waals surface area contributed by atoms with Gasteiger partial charge in [-0.05, 0) is 18.2 Å². The van der Waals surface area contributed by atoms with E-state index in [9.17, 15) is 18.4 Å². The molecule has 0 bridgehead atoms. The Bertz CT molecular complexity index is 715. The Balaban J connectivity index is 2.09. The molecule has 22 heavy (non-hydrogen) atoms. The molecule has 0 aliphatic rings. The summed E-state index contributed by atoms with van der Waals surface area (Å²) >= 11 is 0. The van der Waals surface area contributed by atoms with Gasteiger partial charge in [-0.15, -0.1) is 5.10 Å². The molecule has 0 aliphatic heterocycles. The largest absolute Gasteiger partial charge is 0.463 e. The number of Topliss-reactive ketones (excluding diaryl/α,β-unsaturated/α-hetero) is 1. The summed E-state index contributed by atoms with van der Waals surface area (Å²) in [6.07, 6.45) is 1.29. The molecule has 0 saturated carbocycles. The molecule has 0 amide bonds. The summed E-state index contributed by atoms with van der Waals surface area (Å²) in [5.74, 6) is -3.81. The highest BCUT2D eigenvalue weighted by Crippen LogP contribution is 2.14. The number of carbonyl (C=O) groups is 2. The van der Waals surface area contributed by atoms with Gasteiger partial charge in [-0.1, -0.05) is 6.92 Å². The van der Waals surface area contributed by atoms with Gasteiger partial charge in [-0.3, -0.25) is 9.48 Å². The number of carbonyl (C=O) groups excluding carboxylic acids is 2. The van der Waals surface area contributed by atoms with Crippen molar-refractivity contribution in [3.63, 3.8) is 0 Å². The van der Waals surface area contributed by atoms with Crippen LogP contribution in [0, 0.1) is 17.6 Å². The fourth-order valence-corrected chi connectivity index (χ4v) is 1.86. The van der Waals surface area contributed by atoms with E-state index in [1.54, 1.807) is 6.92 Å². The fourth-order valence-electron chi connectivity index (χ4n) is 1.86. The highest BCUT2D eigenvalue weighted by Gasteiger charge is 2.19.